The topological polar surface area (TPSA) is 51.7 Å². The molecule has 0 aliphatic carbocycles. The minimum Gasteiger partial charge on any atom is -0.328 e. The molecule has 166 valence electrons. The molecule has 9 heteroatoms. The van der Waals surface area contributed by atoms with E-state index in [1.54, 1.807) is 7.05 Å². The average molecular weight is 425 g/mol. The van der Waals surface area contributed by atoms with Crippen molar-refractivity contribution in [1.82, 2.24) is 25.2 Å². The molecule has 3 atom stereocenters. The largest absolute Gasteiger partial charge is 0.406 e. The fourth-order valence-electron chi connectivity index (χ4n) is 5.17. The summed E-state index contributed by atoms with van der Waals surface area (Å²) in [7, 11) is 1.80. The molecule has 3 fully saturated rings. The number of alkyl halides is 3. The lowest BCUT2D eigenvalue weighted by Gasteiger charge is -2.62. The molecular weight excluding hydrogens is 395 g/mol. The van der Waals surface area contributed by atoms with Gasteiger partial charge in [0.05, 0.1) is 6.67 Å². The van der Waals surface area contributed by atoms with Crippen LogP contribution in [-0.4, -0.2) is 70.9 Å². The summed E-state index contributed by atoms with van der Waals surface area (Å²) in [6.07, 6.45) is -2.19. The van der Waals surface area contributed by atoms with E-state index in [0.717, 1.165) is 21.7 Å². The second-order valence-electron chi connectivity index (χ2n) is 10.3. The molecule has 3 bridgehead atoms. The van der Waals surface area contributed by atoms with E-state index >= 15 is 0 Å². The quantitative estimate of drug-likeness (QED) is 0.749. The van der Waals surface area contributed by atoms with Gasteiger partial charge in [-0.25, -0.2) is 10.0 Å². The van der Waals surface area contributed by atoms with Crippen LogP contribution in [0.25, 0.3) is 0 Å². The van der Waals surface area contributed by atoms with E-state index in [-0.39, 0.29) is 12.0 Å². The molecule has 3 saturated heterocycles. The number of amides is 1. The van der Waals surface area contributed by atoms with Gasteiger partial charge in [0.2, 0.25) is 5.91 Å². The summed E-state index contributed by atoms with van der Waals surface area (Å²) < 4.78 is 40.3. The van der Waals surface area contributed by atoms with Crippen LogP contribution in [0.5, 0.6) is 0 Å². The minimum atomic E-state index is -4.46. The van der Waals surface area contributed by atoms with E-state index in [2.05, 4.69) is 17.2 Å². The average Bonchev–Trinajstić information content (AvgIpc) is 2.60. The highest BCUT2D eigenvalue weighted by atomic mass is 19.4. The predicted molar refractivity (Wildman–Crippen MR) is 106 cm³/mol. The van der Waals surface area contributed by atoms with Crippen molar-refractivity contribution in [3.63, 3.8) is 0 Å². The third kappa shape index (κ3) is 3.40. The summed E-state index contributed by atoms with van der Waals surface area (Å²) in [4.78, 5) is 19.2. The van der Waals surface area contributed by atoms with Gasteiger partial charge in [-0.1, -0.05) is 27.7 Å². The lowest BCUT2D eigenvalue weighted by molar-refractivity contribution is -0.234. The van der Waals surface area contributed by atoms with Crippen molar-refractivity contribution in [1.29, 1.82) is 0 Å². The van der Waals surface area contributed by atoms with E-state index in [0.29, 0.717) is 26.2 Å². The Morgan fingerprint density at radius 2 is 1.97 bits per heavy atom. The van der Waals surface area contributed by atoms with Crippen LogP contribution in [-0.2, 0) is 22.2 Å². The maximum atomic E-state index is 13.6. The standard InChI is InChI=1S/C21H30F3N5O/c1-18(2,3)16-6-14-8-28(12-21(22,23)24)17(30)20-9-19(4,15(14)7-26-16)10-25-13-29(11-20)27(20)5/h6-7,25H,8-13H2,1-5H3. The Balaban J connectivity index is 1.88. The lowest BCUT2D eigenvalue weighted by Crippen LogP contribution is -2.81. The molecule has 1 N–H and O–H groups in total. The SMILES string of the molecule is CN1N2CNCC3(C)CC1(C2)C(=O)N(CC(F)(F)F)Cc1cc(C(C)(C)C)ncc13. The highest BCUT2D eigenvalue weighted by Crippen LogP contribution is 2.46. The number of aromatic nitrogens is 1. The molecule has 1 aromatic heterocycles. The number of rotatable bonds is 1. The first-order valence-corrected chi connectivity index (χ1v) is 10.3. The van der Waals surface area contributed by atoms with Gasteiger partial charge in [-0.3, -0.25) is 9.78 Å². The van der Waals surface area contributed by atoms with E-state index in [1.165, 1.54) is 0 Å². The van der Waals surface area contributed by atoms with E-state index in [4.69, 9.17) is 0 Å². The number of carbonyl (C=O) groups excluding carboxylic acids is 1. The number of likely N-dealkylation sites (N-methyl/N-ethyl adjacent to an activating group) is 1. The molecular formula is C21H30F3N5O. The fraction of sp³-hybridized carbons (Fsp3) is 0.714. The van der Waals surface area contributed by atoms with Gasteiger partial charge in [0.25, 0.3) is 0 Å². The second kappa shape index (κ2) is 6.64. The van der Waals surface area contributed by atoms with E-state index in [1.807, 2.05) is 43.1 Å². The number of hydrogen-bond donors (Lipinski definition) is 1. The van der Waals surface area contributed by atoms with Gasteiger partial charge >= 0.3 is 6.18 Å². The van der Waals surface area contributed by atoms with Gasteiger partial charge in [-0.05, 0) is 23.6 Å². The summed E-state index contributed by atoms with van der Waals surface area (Å²) in [6, 6.07) is 1.89. The number of halogens is 3. The first-order valence-electron chi connectivity index (χ1n) is 10.3. The van der Waals surface area contributed by atoms with Gasteiger partial charge < -0.3 is 10.2 Å². The molecule has 1 aromatic rings. The summed E-state index contributed by atoms with van der Waals surface area (Å²) in [5.41, 5.74) is 0.876. The zero-order chi connectivity index (χ0) is 22.1. The summed E-state index contributed by atoms with van der Waals surface area (Å²) in [5.74, 6) is -0.438. The zero-order valence-electron chi connectivity index (χ0n) is 18.2. The molecule has 3 unspecified atom stereocenters. The highest BCUT2D eigenvalue weighted by Gasteiger charge is 2.61. The molecule has 5 heterocycles. The van der Waals surface area contributed by atoms with Gasteiger partial charge in [-0.15, -0.1) is 0 Å². The number of carbonyl (C=O) groups is 1. The smallest absolute Gasteiger partial charge is 0.328 e. The van der Waals surface area contributed by atoms with Gasteiger partial charge in [0.15, 0.2) is 0 Å². The Morgan fingerprint density at radius 1 is 1.27 bits per heavy atom. The number of nitrogens with zero attached hydrogens (tertiary/aromatic N) is 4. The molecule has 6 nitrogen and oxygen atoms in total. The monoisotopic (exact) mass is 425 g/mol. The van der Waals surface area contributed by atoms with Crippen LogP contribution < -0.4 is 5.32 Å². The maximum Gasteiger partial charge on any atom is 0.406 e. The normalized spacial score (nSPS) is 32.5. The maximum absolute atomic E-state index is 13.6. The highest BCUT2D eigenvalue weighted by molar-refractivity contribution is 5.88. The van der Waals surface area contributed by atoms with Crippen molar-refractivity contribution in [3.8, 4) is 0 Å². The fourth-order valence-corrected chi connectivity index (χ4v) is 5.17. The number of hydrazine groups is 1. The van der Waals surface area contributed by atoms with Crippen molar-refractivity contribution in [2.75, 3.05) is 33.4 Å². The summed E-state index contributed by atoms with van der Waals surface area (Å²) in [6.45, 7) is 8.46. The number of hydrogen-bond acceptors (Lipinski definition) is 5. The van der Waals surface area contributed by atoms with Crippen molar-refractivity contribution in [2.45, 2.75) is 63.2 Å². The Labute approximate surface area is 175 Å². The van der Waals surface area contributed by atoms with Crippen molar-refractivity contribution >= 4 is 5.91 Å². The number of pyridine rings is 1. The van der Waals surface area contributed by atoms with Gasteiger partial charge in [0, 0.05) is 49.4 Å². The van der Waals surface area contributed by atoms with Crippen LogP contribution in [0.1, 0.15) is 50.9 Å². The summed E-state index contributed by atoms with van der Waals surface area (Å²) >= 11 is 0. The molecule has 0 aromatic carbocycles. The molecule has 4 aliphatic rings. The van der Waals surface area contributed by atoms with Crippen LogP contribution >= 0.6 is 0 Å². The van der Waals surface area contributed by atoms with E-state index < -0.39 is 29.6 Å². The first kappa shape index (κ1) is 21.5. The molecule has 4 aliphatic heterocycles. The lowest BCUT2D eigenvalue weighted by atomic mass is 9.67. The third-order valence-corrected chi connectivity index (χ3v) is 6.80. The molecule has 0 saturated carbocycles. The van der Waals surface area contributed by atoms with Crippen molar-refractivity contribution in [3.05, 3.63) is 29.1 Å². The Hall–Kier alpha value is -1.71. The molecule has 0 radical (unpaired) electrons. The van der Waals surface area contributed by atoms with Crippen LogP contribution in [0.3, 0.4) is 0 Å². The molecule has 1 amide bonds. The molecule has 30 heavy (non-hydrogen) atoms. The predicted octanol–water partition coefficient (Wildman–Crippen LogP) is 2.39. The minimum absolute atomic E-state index is 0.0650. The van der Waals surface area contributed by atoms with Crippen molar-refractivity contribution in [2.24, 2.45) is 0 Å². The summed E-state index contributed by atoms with van der Waals surface area (Å²) in [5, 5.41) is 7.24. The molecule has 1 spiro atoms. The van der Waals surface area contributed by atoms with Gasteiger partial charge in [0.1, 0.15) is 12.1 Å². The third-order valence-electron chi connectivity index (χ3n) is 6.80. The Morgan fingerprint density at radius 3 is 2.57 bits per heavy atom. The first-order chi connectivity index (χ1) is 13.8. The van der Waals surface area contributed by atoms with Gasteiger partial charge in [-0.2, -0.15) is 13.2 Å². The second-order valence-corrected chi connectivity index (χ2v) is 10.3. The zero-order valence-corrected chi connectivity index (χ0v) is 18.2. The Bertz CT molecular complexity index is 867. The number of nitrogens with one attached hydrogen (secondary N) is 1. The molecule has 5 rings (SSSR count). The van der Waals surface area contributed by atoms with Crippen LogP contribution in [0.4, 0.5) is 13.2 Å². The van der Waals surface area contributed by atoms with Crippen molar-refractivity contribution < 1.29 is 18.0 Å². The Kier molecular flexibility index (Phi) is 4.76. The number of fused-ring (bicyclic) bond motifs is 3. The van der Waals surface area contributed by atoms with Crippen LogP contribution in [0.2, 0.25) is 0 Å². The van der Waals surface area contributed by atoms with Crippen LogP contribution in [0.15, 0.2) is 12.3 Å². The van der Waals surface area contributed by atoms with E-state index in [9.17, 15) is 18.0 Å². The van der Waals surface area contributed by atoms with Crippen LogP contribution in [0, 0.1) is 0 Å².